The SMILES string of the molecule is Clc1cc2c(cn1)CN=C(c1ccccc1)C1=CCCC=C12. The molecule has 4 rings (SSSR count). The zero-order valence-electron chi connectivity index (χ0n) is 12.1. The van der Waals surface area contributed by atoms with Crippen LogP contribution in [0, 0.1) is 0 Å². The molecule has 0 bridgehead atoms. The number of benzene rings is 1. The van der Waals surface area contributed by atoms with Crippen molar-refractivity contribution in [3.63, 3.8) is 0 Å². The summed E-state index contributed by atoms with van der Waals surface area (Å²) in [6.07, 6.45) is 8.56. The Morgan fingerprint density at radius 1 is 0.955 bits per heavy atom. The van der Waals surface area contributed by atoms with Gasteiger partial charge in [-0.3, -0.25) is 4.99 Å². The molecule has 0 radical (unpaired) electrons. The van der Waals surface area contributed by atoms with Gasteiger partial charge in [-0.15, -0.1) is 0 Å². The van der Waals surface area contributed by atoms with Crippen LogP contribution in [-0.2, 0) is 6.54 Å². The number of hydrogen-bond donors (Lipinski definition) is 0. The normalized spacial score (nSPS) is 16.7. The van der Waals surface area contributed by atoms with Crippen LogP contribution >= 0.6 is 11.6 Å². The van der Waals surface area contributed by atoms with Crippen LogP contribution in [0.4, 0.5) is 0 Å². The van der Waals surface area contributed by atoms with Gasteiger partial charge in [0.05, 0.1) is 12.3 Å². The predicted molar refractivity (Wildman–Crippen MR) is 91.2 cm³/mol. The van der Waals surface area contributed by atoms with Crippen molar-refractivity contribution in [2.45, 2.75) is 19.4 Å². The van der Waals surface area contributed by atoms with Crippen molar-refractivity contribution >= 4 is 22.9 Å². The summed E-state index contributed by atoms with van der Waals surface area (Å²) in [5, 5.41) is 0.535. The van der Waals surface area contributed by atoms with Gasteiger partial charge in [0.15, 0.2) is 0 Å². The van der Waals surface area contributed by atoms with Gasteiger partial charge < -0.3 is 0 Å². The smallest absolute Gasteiger partial charge is 0.129 e. The first-order chi connectivity index (χ1) is 10.8. The van der Waals surface area contributed by atoms with Crippen LogP contribution in [0.3, 0.4) is 0 Å². The summed E-state index contributed by atoms with van der Waals surface area (Å²) in [5.41, 5.74) is 6.99. The lowest BCUT2D eigenvalue weighted by Gasteiger charge is -2.17. The molecule has 0 saturated carbocycles. The van der Waals surface area contributed by atoms with E-state index in [1.807, 2.05) is 18.3 Å². The second-order valence-corrected chi connectivity index (χ2v) is 5.90. The maximum Gasteiger partial charge on any atom is 0.129 e. The average Bonchev–Trinajstić information content (AvgIpc) is 2.73. The molecule has 1 aromatic carbocycles. The minimum Gasteiger partial charge on any atom is -0.279 e. The largest absolute Gasteiger partial charge is 0.279 e. The second kappa shape index (κ2) is 5.54. The number of pyridine rings is 1. The number of hydrogen-bond acceptors (Lipinski definition) is 2. The monoisotopic (exact) mass is 306 g/mol. The fourth-order valence-electron chi connectivity index (χ4n) is 3.08. The highest BCUT2D eigenvalue weighted by Crippen LogP contribution is 2.36. The molecule has 2 aromatic rings. The molecule has 2 heterocycles. The lowest BCUT2D eigenvalue weighted by atomic mass is 9.86. The number of nitrogens with zero attached hydrogens (tertiary/aromatic N) is 2. The third kappa shape index (κ3) is 2.30. The Kier molecular flexibility index (Phi) is 3.39. The molecule has 108 valence electrons. The highest BCUT2D eigenvalue weighted by Gasteiger charge is 2.23. The van der Waals surface area contributed by atoms with E-state index in [9.17, 15) is 0 Å². The highest BCUT2D eigenvalue weighted by molar-refractivity contribution is 6.30. The number of rotatable bonds is 1. The van der Waals surface area contributed by atoms with Crippen LogP contribution in [-0.4, -0.2) is 10.7 Å². The lowest BCUT2D eigenvalue weighted by Crippen LogP contribution is -2.08. The van der Waals surface area contributed by atoms with E-state index in [-0.39, 0.29) is 0 Å². The molecule has 2 aliphatic rings. The highest BCUT2D eigenvalue weighted by atomic mass is 35.5. The van der Waals surface area contributed by atoms with Gasteiger partial charge >= 0.3 is 0 Å². The molecule has 0 N–H and O–H groups in total. The molecule has 1 aliphatic heterocycles. The van der Waals surface area contributed by atoms with E-state index in [1.165, 1.54) is 16.7 Å². The van der Waals surface area contributed by atoms with Crippen LogP contribution < -0.4 is 0 Å². The first-order valence-corrected chi connectivity index (χ1v) is 7.86. The fourth-order valence-corrected chi connectivity index (χ4v) is 3.24. The third-order valence-electron chi connectivity index (χ3n) is 4.11. The van der Waals surface area contributed by atoms with Gasteiger partial charge in [-0.25, -0.2) is 4.98 Å². The fraction of sp³-hybridized carbons (Fsp3) is 0.158. The minimum atomic E-state index is 0.535. The van der Waals surface area contributed by atoms with Crippen molar-refractivity contribution in [1.82, 2.24) is 4.98 Å². The summed E-state index contributed by atoms with van der Waals surface area (Å²) < 4.78 is 0. The quantitative estimate of drug-likeness (QED) is 0.692. The molecular formula is C19H15ClN2. The van der Waals surface area contributed by atoms with Crippen LogP contribution in [0.25, 0.3) is 5.57 Å². The van der Waals surface area contributed by atoms with Crippen molar-refractivity contribution in [2.75, 3.05) is 0 Å². The van der Waals surface area contributed by atoms with Crippen LogP contribution in [0.5, 0.6) is 0 Å². The Morgan fingerprint density at radius 3 is 2.55 bits per heavy atom. The van der Waals surface area contributed by atoms with Gasteiger partial charge in [0.1, 0.15) is 5.15 Å². The van der Waals surface area contributed by atoms with Crippen molar-refractivity contribution < 1.29 is 0 Å². The molecule has 2 nitrogen and oxygen atoms in total. The Labute approximate surface area is 134 Å². The van der Waals surface area contributed by atoms with E-state index in [0.717, 1.165) is 29.7 Å². The van der Waals surface area contributed by atoms with E-state index >= 15 is 0 Å². The number of halogens is 1. The van der Waals surface area contributed by atoms with E-state index in [0.29, 0.717) is 11.7 Å². The zero-order valence-corrected chi connectivity index (χ0v) is 12.8. The first kappa shape index (κ1) is 13.5. The van der Waals surface area contributed by atoms with Gasteiger partial charge in [0.25, 0.3) is 0 Å². The van der Waals surface area contributed by atoms with E-state index in [1.54, 1.807) is 0 Å². The second-order valence-electron chi connectivity index (χ2n) is 5.51. The molecular weight excluding hydrogens is 292 g/mol. The van der Waals surface area contributed by atoms with E-state index in [4.69, 9.17) is 16.6 Å². The summed E-state index contributed by atoms with van der Waals surface area (Å²) in [4.78, 5) is 9.09. The molecule has 22 heavy (non-hydrogen) atoms. The van der Waals surface area contributed by atoms with Gasteiger partial charge in [-0.2, -0.15) is 0 Å². The summed E-state index contributed by atoms with van der Waals surface area (Å²) in [5.74, 6) is 0. The molecule has 3 heteroatoms. The topological polar surface area (TPSA) is 25.2 Å². The van der Waals surface area contributed by atoms with E-state index in [2.05, 4.69) is 41.4 Å². The van der Waals surface area contributed by atoms with Gasteiger partial charge in [0, 0.05) is 17.3 Å². The van der Waals surface area contributed by atoms with Crippen LogP contribution in [0.2, 0.25) is 5.15 Å². The Hall–Kier alpha value is -2.19. The summed E-state index contributed by atoms with van der Waals surface area (Å²) in [6.45, 7) is 0.637. The number of aliphatic imine (C=N–C) groups is 1. The molecule has 1 aliphatic carbocycles. The van der Waals surface area contributed by atoms with Crippen LogP contribution in [0.15, 0.2) is 65.3 Å². The minimum absolute atomic E-state index is 0.535. The molecule has 1 aromatic heterocycles. The molecule has 0 amide bonds. The summed E-state index contributed by atoms with van der Waals surface area (Å²) >= 11 is 6.12. The number of allylic oxidation sites excluding steroid dienone is 4. The predicted octanol–water partition coefficient (Wildman–Crippen LogP) is 4.84. The summed E-state index contributed by atoms with van der Waals surface area (Å²) in [7, 11) is 0. The van der Waals surface area contributed by atoms with E-state index < -0.39 is 0 Å². The maximum atomic E-state index is 6.12. The molecule has 0 fully saturated rings. The molecule has 0 unspecified atom stereocenters. The third-order valence-corrected chi connectivity index (χ3v) is 4.31. The Morgan fingerprint density at radius 2 is 1.73 bits per heavy atom. The molecule has 0 atom stereocenters. The zero-order chi connectivity index (χ0) is 14.9. The Balaban J connectivity index is 1.91. The maximum absolute atomic E-state index is 6.12. The van der Waals surface area contributed by atoms with Crippen molar-refractivity contribution in [1.29, 1.82) is 0 Å². The van der Waals surface area contributed by atoms with Crippen molar-refractivity contribution in [3.8, 4) is 0 Å². The Bertz CT molecular complexity index is 817. The summed E-state index contributed by atoms with van der Waals surface area (Å²) in [6, 6.07) is 12.3. The van der Waals surface area contributed by atoms with Gasteiger partial charge in [-0.05, 0) is 35.6 Å². The van der Waals surface area contributed by atoms with Crippen molar-refractivity contribution in [2.24, 2.45) is 4.99 Å². The molecule has 0 saturated heterocycles. The van der Waals surface area contributed by atoms with Gasteiger partial charge in [0.2, 0.25) is 0 Å². The number of aromatic nitrogens is 1. The lowest BCUT2D eigenvalue weighted by molar-refractivity contribution is 1.03. The van der Waals surface area contributed by atoms with Crippen LogP contribution in [0.1, 0.15) is 29.5 Å². The van der Waals surface area contributed by atoms with Crippen molar-refractivity contribution in [3.05, 3.63) is 82.2 Å². The van der Waals surface area contributed by atoms with Gasteiger partial charge in [-0.1, -0.05) is 54.1 Å². The number of fused-ring (bicyclic) bond motifs is 3. The molecule has 0 spiro atoms. The first-order valence-electron chi connectivity index (χ1n) is 7.48. The standard InChI is InChI=1S/C19H15ClN2/c20-18-10-17-14(11-21-18)12-22-19(13-6-2-1-3-7-13)16-9-5-4-8-15(16)17/h1-3,6-11H,4-5,12H2. The average molecular weight is 307 g/mol.